The van der Waals surface area contributed by atoms with Gasteiger partial charge < -0.3 is 5.41 Å². The number of hydrogen-bond acceptors (Lipinski definition) is 1. The fraction of sp³-hybridized carbons (Fsp3) is 0.900. The van der Waals surface area contributed by atoms with Crippen molar-refractivity contribution in [3.05, 3.63) is 0 Å². The predicted octanol–water partition coefficient (Wildman–Crippen LogP) is 3.23. The first-order chi connectivity index (χ1) is 5.54. The van der Waals surface area contributed by atoms with E-state index in [4.69, 9.17) is 5.41 Å². The van der Waals surface area contributed by atoms with E-state index in [1.54, 1.807) is 0 Å². The molecule has 2 fully saturated rings. The van der Waals surface area contributed by atoms with Crippen LogP contribution in [0.2, 0.25) is 0 Å². The summed E-state index contributed by atoms with van der Waals surface area (Å²) in [6.45, 7) is 4.63. The summed E-state index contributed by atoms with van der Waals surface area (Å²) in [4.78, 5) is 0. The van der Waals surface area contributed by atoms with Crippen LogP contribution in [0.25, 0.3) is 0 Å². The van der Waals surface area contributed by atoms with Crippen LogP contribution in [-0.2, 0) is 0 Å². The zero-order valence-corrected chi connectivity index (χ0v) is 9.37. The number of nitrogens with one attached hydrogen (secondary N) is 1. The zero-order valence-electron chi connectivity index (χ0n) is 7.78. The Balaban J connectivity index is 2.44. The van der Waals surface area contributed by atoms with E-state index in [0.29, 0.717) is 5.41 Å². The molecule has 68 valence electrons. The summed E-state index contributed by atoms with van der Waals surface area (Å²) in [5.41, 5.74) is 1.58. The van der Waals surface area contributed by atoms with Crippen LogP contribution in [0.5, 0.6) is 0 Å². The fourth-order valence-electron chi connectivity index (χ4n) is 3.07. The number of halogens is 1. The lowest BCUT2D eigenvalue weighted by Gasteiger charge is -2.36. The SMILES string of the molecule is C[C@@]12CC[C@H](CC1=N)[C@@]2(C)CBr. The summed E-state index contributed by atoms with van der Waals surface area (Å²) in [6.07, 6.45) is 3.62. The Kier molecular flexibility index (Phi) is 1.70. The van der Waals surface area contributed by atoms with Crippen LogP contribution in [0.15, 0.2) is 0 Å². The van der Waals surface area contributed by atoms with Crippen molar-refractivity contribution < 1.29 is 0 Å². The number of rotatable bonds is 1. The van der Waals surface area contributed by atoms with E-state index in [9.17, 15) is 0 Å². The Morgan fingerprint density at radius 1 is 1.58 bits per heavy atom. The lowest BCUT2D eigenvalue weighted by Crippen LogP contribution is -2.35. The largest absolute Gasteiger partial charge is 0.309 e. The standard InChI is InChI=1S/C10H16BrN/c1-9-4-3-7(5-8(9)12)10(9,2)6-11/h7,12H,3-6H2,1-2H3/t7-,9-,10-/m1/s1. The summed E-state index contributed by atoms with van der Waals surface area (Å²) in [6, 6.07) is 0. The maximum Gasteiger partial charge on any atom is 0.0157 e. The molecule has 0 aromatic carbocycles. The highest BCUT2D eigenvalue weighted by molar-refractivity contribution is 9.09. The van der Waals surface area contributed by atoms with Crippen molar-refractivity contribution in [2.75, 3.05) is 5.33 Å². The molecule has 1 N–H and O–H groups in total. The van der Waals surface area contributed by atoms with E-state index in [1.165, 1.54) is 12.8 Å². The molecule has 1 nitrogen and oxygen atoms in total. The van der Waals surface area contributed by atoms with Gasteiger partial charge in [-0.15, -0.1) is 0 Å². The van der Waals surface area contributed by atoms with Crippen LogP contribution >= 0.6 is 15.9 Å². The Hall–Kier alpha value is 0.150. The van der Waals surface area contributed by atoms with E-state index in [0.717, 1.165) is 23.4 Å². The van der Waals surface area contributed by atoms with E-state index in [2.05, 4.69) is 29.8 Å². The van der Waals surface area contributed by atoms with Crippen molar-refractivity contribution in [2.45, 2.75) is 33.1 Å². The Morgan fingerprint density at radius 2 is 2.25 bits per heavy atom. The molecule has 0 spiro atoms. The predicted molar refractivity (Wildman–Crippen MR) is 55.1 cm³/mol. The molecule has 0 aromatic heterocycles. The second-order valence-electron chi connectivity index (χ2n) is 4.80. The first-order valence-electron chi connectivity index (χ1n) is 4.68. The normalized spacial score (nSPS) is 51.9. The average molecular weight is 230 g/mol. The summed E-state index contributed by atoms with van der Waals surface area (Å²) in [5, 5.41) is 9.03. The van der Waals surface area contributed by atoms with Gasteiger partial charge in [-0.05, 0) is 30.6 Å². The van der Waals surface area contributed by atoms with Gasteiger partial charge in [0.15, 0.2) is 0 Å². The second kappa shape index (κ2) is 2.34. The van der Waals surface area contributed by atoms with Crippen molar-refractivity contribution in [1.29, 1.82) is 5.41 Å². The van der Waals surface area contributed by atoms with Gasteiger partial charge in [-0.2, -0.15) is 0 Å². The van der Waals surface area contributed by atoms with E-state index < -0.39 is 0 Å². The molecule has 2 aliphatic rings. The Bertz CT molecular complexity index is 238. The Labute approximate surface area is 82.6 Å². The highest BCUT2D eigenvalue weighted by Gasteiger charge is 2.61. The van der Waals surface area contributed by atoms with E-state index >= 15 is 0 Å². The molecule has 2 aliphatic carbocycles. The zero-order chi connectivity index (χ0) is 8.98. The van der Waals surface area contributed by atoms with Gasteiger partial charge in [0.05, 0.1) is 0 Å². The number of fused-ring (bicyclic) bond motifs is 2. The van der Waals surface area contributed by atoms with Crippen molar-refractivity contribution in [1.82, 2.24) is 0 Å². The molecule has 0 amide bonds. The monoisotopic (exact) mass is 229 g/mol. The van der Waals surface area contributed by atoms with Crippen molar-refractivity contribution in [3.8, 4) is 0 Å². The molecule has 12 heavy (non-hydrogen) atoms. The first-order valence-corrected chi connectivity index (χ1v) is 5.80. The average Bonchev–Trinajstić information content (AvgIpc) is 2.39. The highest BCUT2D eigenvalue weighted by atomic mass is 79.9. The third-order valence-electron chi connectivity index (χ3n) is 4.55. The topological polar surface area (TPSA) is 23.9 Å². The quantitative estimate of drug-likeness (QED) is 0.669. The van der Waals surface area contributed by atoms with Gasteiger partial charge >= 0.3 is 0 Å². The second-order valence-corrected chi connectivity index (χ2v) is 5.36. The minimum absolute atomic E-state index is 0.209. The van der Waals surface area contributed by atoms with Gasteiger partial charge in [0.2, 0.25) is 0 Å². The Morgan fingerprint density at radius 3 is 2.50 bits per heavy atom. The molecular formula is C10H16BrN. The van der Waals surface area contributed by atoms with Gasteiger partial charge in [-0.25, -0.2) is 0 Å². The summed E-state index contributed by atoms with van der Waals surface area (Å²) < 4.78 is 0. The van der Waals surface area contributed by atoms with Gasteiger partial charge in [-0.3, -0.25) is 0 Å². The summed E-state index contributed by atoms with van der Waals surface area (Å²) in [7, 11) is 0. The van der Waals surface area contributed by atoms with Gasteiger partial charge in [0, 0.05) is 16.5 Å². The molecule has 0 aliphatic heterocycles. The summed E-state index contributed by atoms with van der Waals surface area (Å²) in [5.74, 6) is 0.773. The van der Waals surface area contributed by atoms with Crippen LogP contribution in [-0.4, -0.2) is 11.0 Å². The van der Waals surface area contributed by atoms with Crippen molar-refractivity contribution >= 4 is 21.6 Å². The van der Waals surface area contributed by atoms with Gasteiger partial charge in [0.1, 0.15) is 0 Å². The molecule has 2 bridgehead atoms. The van der Waals surface area contributed by atoms with Crippen LogP contribution in [0.1, 0.15) is 33.1 Å². The van der Waals surface area contributed by atoms with Gasteiger partial charge in [-0.1, -0.05) is 29.8 Å². The molecule has 0 unspecified atom stereocenters. The molecule has 2 heteroatoms. The smallest absolute Gasteiger partial charge is 0.0157 e. The molecule has 0 heterocycles. The number of hydrogen-bond donors (Lipinski definition) is 1. The molecule has 0 aromatic rings. The van der Waals surface area contributed by atoms with Crippen LogP contribution < -0.4 is 0 Å². The van der Waals surface area contributed by atoms with E-state index in [1.807, 2.05) is 0 Å². The minimum atomic E-state index is 0.209. The maximum absolute atomic E-state index is 7.97. The highest BCUT2D eigenvalue weighted by Crippen LogP contribution is 2.64. The third kappa shape index (κ3) is 0.729. The first kappa shape index (κ1) is 8.74. The summed E-state index contributed by atoms with van der Waals surface area (Å²) >= 11 is 3.62. The third-order valence-corrected chi connectivity index (χ3v) is 5.71. The molecule has 0 radical (unpaired) electrons. The lowest BCUT2D eigenvalue weighted by molar-refractivity contribution is 0.203. The minimum Gasteiger partial charge on any atom is -0.309 e. The van der Waals surface area contributed by atoms with E-state index in [-0.39, 0.29) is 5.41 Å². The van der Waals surface area contributed by atoms with Crippen molar-refractivity contribution in [3.63, 3.8) is 0 Å². The molecule has 2 rings (SSSR count). The fourth-order valence-corrected chi connectivity index (χ4v) is 4.15. The molecular weight excluding hydrogens is 214 g/mol. The van der Waals surface area contributed by atoms with Crippen molar-refractivity contribution in [2.24, 2.45) is 16.7 Å². The van der Waals surface area contributed by atoms with Crippen LogP contribution in [0.3, 0.4) is 0 Å². The van der Waals surface area contributed by atoms with Gasteiger partial charge in [0.25, 0.3) is 0 Å². The molecule has 0 saturated heterocycles. The maximum atomic E-state index is 7.97. The number of alkyl halides is 1. The van der Waals surface area contributed by atoms with Crippen LogP contribution in [0, 0.1) is 22.2 Å². The molecule has 3 atom stereocenters. The molecule has 2 saturated carbocycles. The van der Waals surface area contributed by atoms with Crippen LogP contribution in [0.4, 0.5) is 0 Å². The lowest BCUT2D eigenvalue weighted by atomic mass is 9.70.